The number of rotatable bonds is 5. The van der Waals surface area contributed by atoms with Gasteiger partial charge in [-0.15, -0.1) is 0 Å². The monoisotopic (exact) mass is 263 g/mol. The van der Waals surface area contributed by atoms with Crippen LogP contribution in [-0.4, -0.2) is 42.4 Å². The van der Waals surface area contributed by atoms with Crippen LogP contribution in [0.4, 0.5) is 0 Å². The van der Waals surface area contributed by atoms with Gasteiger partial charge >= 0.3 is 0 Å². The maximum atomic E-state index is 10.2. The molecule has 1 aliphatic rings. The molecule has 0 spiro atoms. The number of aliphatic hydroxyl groups is 1. The Morgan fingerprint density at radius 3 is 2.79 bits per heavy atom. The molecule has 106 valence electrons. The second kappa shape index (κ2) is 6.51. The Labute approximate surface area is 116 Å². The highest BCUT2D eigenvalue weighted by molar-refractivity contribution is 5.17. The van der Waals surface area contributed by atoms with Gasteiger partial charge in [-0.05, 0) is 38.3 Å². The van der Waals surface area contributed by atoms with Crippen molar-refractivity contribution in [3.8, 4) is 0 Å². The lowest BCUT2D eigenvalue weighted by Gasteiger charge is -2.39. The van der Waals surface area contributed by atoms with Crippen LogP contribution in [0.15, 0.2) is 30.3 Å². The van der Waals surface area contributed by atoms with Crippen molar-refractivity contribution in [3.63, 3.8) is 0 Å². The molecule has 1 saturated heterocycles. The summed E-state index contributed by atoms with van der Waals surface area (Å²) in [5, 5.41) is 10.2. The Bertz CT molecular complexity index is 382. The highest BCUT2D eigenvalue weighted by Gasteiger charge is 2.30. The second-order valence-corrected chi connectivity index (χ2v) is 5.75. The fourth-order valence-electron chi connectivity index (χ4n) is 2.81. The number of hydrogen-bond donors (Lipinski definition) is 1. The summed E-state index contributed by atoms with van der Waals surface area (Å²) in [6.07, 6.45) is 2.72. The second-order valence-electron chi connectivity index (χ2n) is 5.75. The number of likely N-dealkylation sites (tertiary alicyclic amines) is 1. The average Bonchev–Trinajstić information content (AvgIpc) is 2.46. The SMILES string of the molecule is COC1(C)CCCN(CCC(O)c2ccccc2)C1. The lowest BCUT2D eigenvalue weighted by Crippen LogP contribution is -2.47. The Hall–Kier alpha value is -0.900. The van der Waals surface area contributed by atoms with Crippen molar-refractivity contribution in [2.75, 3.05) is 26.7 Å². The maximum Gasteiger partial charge on any atom is 0.0802 e. The van der Waals surface area contributed by atoms with Gasteiger partial charge in [-0.25, -0.2) is 0 Å². The molecule has 1 aromatic rings. The molecular formula is C16H25NO2. The summed E-state index contributed by atoms with van der Waals surface area (Å²) in [5.74, 6) is 0. The van der Waals surface area contributed by atoms with Crippen molar-refractivity contribution in [1.29, 1.82) is 0 Å². The van der Waals surface area contributed by atoms with Gasteiger partial charge in [0, 0.05) is 20.2 Å². The van der Waals surface area contributed by atoms with Crippen molar-refractivity contribution in [2.24, 2.45) is 0 Å². The van der Waals surface area contributed by atoms with Crippen molar-refractivity contribution in [2.45, 2.75) is 37.9 Å². The molecule has 1 heterocycles. The highest BCUT2D eigenvalue weighted by Crippen LogP contribution is 2.25. The minimum atomic E-state index is -0.364. The third kappa shape index (κ3) is 4.03. The van der Waals surface area contributed by atoms with Gasteiger partial charge in [0.1, 0.15) is 0 Å². The van der Waals surface area contributed by atoms with Gasteiger partial charge < -0.3 is 14.7 Å². The zero-order valence-electron chi connectivity index (χ0n) is 12.0. The quantitative estimate of drug-likeness (QED) is 0.886. The number of piperidine rings is 1. The van der Waals surface area contributed by atoms with Crippen molar-refractivity contribution >= 4 is 0 Å². The molecule has 0 radical (unpaired) electrons. The predicted molar refractivity (Wildman–Crippen MR) is 77.1 cm³/mol. The standard InChI is InChI=1S/C16H25NO2/c1-16(19-2)10-6-11-17(13-16)12-9-15(18)14-7-4-3-5-8-14/h3-5,7-8,15,18H,6,9-13H2,1-2H3. The minimum absolute atomic E-state index is 0.0179. The highest BCUT2D eigenvalue weighted by atomic mass is 16.5. The predicted octanol–water partition coefficient (Wildman–Crippen LogP) is 2.61. The Balaban J connectivity index is 1.82. The van der Waals surface area contributed by atoms with E-state index in [0.717, 1.165) is 38.0 Å². The first kappa shape index (κ1) is 14.5. The van der Waals surface area contributed by atoms with E-state index in [1.54, 1.807) is 7.11 Å². The van der Waals surface area contributed by atoms with Crippen LogP contribution in [0, 0.1) is 0 Å². The van der Waals surface area contributed by atoms with E-state index in [1.165, 1.54) is 6.42 Å². The van der Waals surface area contributed by atoms with E-state index in [1.807, 2.05) is 30.3 Å². The number of nitrogens with zero attached hydrogens (tertiary/aromatic N) is 1. The van der Waals surface area contributed by atoms with Crippen LogP contribution in [0.1, 0.15) is 37.9 Å². The first-order valence-corrected chi connectivity index (χ1v) is 7.13. The van der Waals surface area contributed by atoms with Crippen LogP contribution in [-0.2, 0) is 4.74 Å². The number of ether oxygens (including phenoxy) is 1. The van der Waals surface area contributed by atoms with E-state index >= 15 is 0 Å². The van der Waals surface area contributed by atoms with Crippen molar-refractivity contribution in [1.82, 2.24) is 4.90 Å². The third-order valence-corrected chi connectivity index (χ3v) is 4.13. The van der Waals surface area contributed by atoms with Gasteiger partial charge in [-0.2, -0.15) is 0 Å². The van der Waals surface area contributed by atoms with E-state index in [-0.39, 0.29) is 11.7 Å². The molecule has 3 heteroatoms. The molecule has 1 N–H and O–H groups in total. The Morgan fingerprint density at radius 2 is 2.11 bits per heavy atom. The van der Waals surface area contributed by atoms with Gasteiger partial charge in [0.15, 0.2) is 0 Å². The maximum absolute atomic E-state index is 10.2. The zero-order chi connectivity index (χ0) is 13.7. The summed E-state index contributed by atoms with van der Waals surface area (Å²) in [7, 11) is 1.79. The molecule has 0 saturated carbocycles. The first-order valence-electron chi connectivity index (χ1n) is 7.13. The molecule has 2 rings (SSSR count). The fraction of sp³-hybridized carbons (Fsp3) is 0.625. The summed E-state index contributed by atoms with van der Waals surface area (Å²) in [4.78, 5) is 2.40. The van der Waals surface area contributed by atoms with Crippen LogP contribution < -0.4 is 0 Å². The molecular weight excluding hydrogens is 238 g/mol. The zero-order valence-corrected chi connectivity index (χ0v) is 12.0. The molecule has 1 aromatic carbocycles. The fourth-order valence-corrected chi connectivity index (χ4v) is 2.81. The Morgan fingerprint density at radius 1 is 1.37 bits per heavy atom. The summed E-state index contributed by atoms with van der Waals surface area (Å²) in [6, 6.07) is 9.90. The lowest BCUT2D eigenvalue weighted by atomic mass is 9.94. The first-order chi connectivity index (χ1) is 9.13. The lowest BCUT2D eigenvalue weighted by molar-refractivity contribution is -0.0528. The third-order valence-electron chi connectivity index (χ3n) is 4.13. The van der Waals surface area contributed by atoms with Gasteiger partial charge in [-0.1, -0.05) is 30.3 Å². The number of methoxy groups -OCH3 is 1. The van der Waals surface area contributed by atoms with Crippen LogP contribution in [0.25, 0.3) is 0 Å². The van der Waals surface area contributed by atoms with E-state index < -0.39 is 0 Å². The molecule has 2 atom stereocenters. The number of hydrogen-bond acceptors (Lipinski definition) is 3. The van der Waals surface area contributed by atoms with E-state index in [4.69, 9.17) is 4.74 Å². The molecule has 0 bridgehead atoms. The van der Waals surface area contributed by atoms with Gasteiger partial charge in [0.2, 0.25) is 0 Å². The normalized spacial score (nSPS) is 26.3. The summed E-state index contributed by atoms with van der Waals surface area (Å²) in [5.41, 5.74) is 0.990. The molecule has 1 aliphatic heterocycles. The smallest absolute Gasteiger partial charge is 0.0802 e. The number of benzene rings is 1. The topological polar surface area (TPSA) is 32.7 Å². The molecule has 0 aromatic heterocycles. The summed E-state index contributed by atoms with van der Waals surface area (Å²) < 4.78 is 5.60. The van der Waals surface area contributed by atoms with E-state index in [0.29, 0.717) is 0 Å². The van der Waals surface area contributed by atoms with Crippen molar-refractivity contribution < 1.29 is 9.84 Å². The molecule has 0 amide bonds. The van der Waals surface area contributed by atoms with E-state index in [9.17, 15) is 5.11 Å². The molecule has 3 nitrogen and oxygen atoms in total. The average molecular weight is 263 g/mol. The molecule has 1 fully saturated rings. The van der Waals surface area contributed by atoms with Crippen LogP contribution in [0.3, 0.4) is 0 Å². The number of aliphatic hydroxyl groups excluding tert-OH is 1. The van der Waals surface area contributed by atoms with Gasteiger partial charge in [-0.3, -0.25) is 0 Å². The van der Waals surface area contributed by atoms with Crippen LogP contribution in [0.2, 0.25) is 0 Å². The largest absolute Gasteiger partial charge is 0.388 e. The van der Waals surface area contributed by atoms with Crippen LogP contribution >= 0.6 is 0 Å². The molecule has 2 unspecified atom stereocenters. The van der Waals surface area contributed by atoms with Gasteiger partial charge in [0.25, 0.3) is 0 Å². The van der Waals surface area contributed by atoms with Gasteiger partial charge in [0.05, 0.1) is 11.7 Å². The Kier molecular flexibility index (Phi) is 4.97. The minimum Gasteiger partial charge on any atom is -0.388 e. The van der Waals surface area contributed by atoms with Crippen molar-refractivity contribution in [3.05, 3.63) is 35.9 Å². The molecule has 0 aliphatic carbocycles. The van der Waals surface area contributed by atoms with E-state index in [2.05, 4.69) is 11.8 Å². The van der Waals surface area contributed by atoms with Crippen LogP contribution in [0.5, 0.6) is 0 Å². The summed E-state index contributed by atoms with van der Waals surface area (Å²) >= 11 is 0. The summed E-state index contributed by atoms with van der Waals surface area (Å²) in [6.45, 7) is 5.17. The molecule has 19 heavy (non-hydrogen) atoms.